The van der Waals surface area contributed by atoms with Crippen LogP contribution >= 0.6 is 0 Å². The zero-order chi connectivity index (χ0) is 26.3. The minimum absolute atomic E-state index is 0.204. The molecule has 1 aliphatic heterocycles. The van der Waals surface area contributed by atoms with E-state index in [1.807, 2.05) is 36.4 Å². The Morgan fingerprint density at radius 1 is 1.11 bits per heavy atom. The number of likely N-dealkylation sites (N-methyl/N-ethyl adjacent to an activating group) is 1. The number of carbonyl (C=O) groups is 4. The molecule has 2 N–H and O–H groups in total. The van der Waals surface area contributed by atoms with Crippen LogP contribution in [0, 0.1) is 0 Å². The van der Waals surface area contributed by atoms with Crippen molar-refractivity contribution in [2.24, 2.45) is 0 Å². The number of nitrogens with one attached hydrogen (secondary N) is 2. The van der Waals surface area contributed by atoms with Crippen molar-refractivity contribution in [3.05, 3.63) is 65.2 Å². The maximum absolute atomic E-state index is 13.3. The zero-order valence-electron chi connectivity index (χ0n) is 20.8. The summed E-state index contributed by atoms with van der Waals surface area (Å²) in [4.78, 5) is 53.6. The summed E-state index contributed by atoms with van der Waals surface area (Å²) in [5, 5.41) is 5.22. The van der Waals surface area contributed by atoms with Crippen LogP contribution in [0.1, 0.15) is 30.5 Å². The number of hydrogen-bond donors (Lipinski definition) is 2. The predicted molar refractivity (Wildman–Crippen MR) is 137 cm³/mol. The van der Waals surface area contributed by atoms with Gasteiger partial charge in [-0.2, -0.15) is 0 Å². The van der Waals surface area contributed by atoms with Gasteiger partial charge in [0, 0.05) is 49.2 Å². The van der Waals surface area contributed by atoms with Gasteiger partial charge in [0.2, 0.25) is 11.8 Å². The minimum atomic E-state index is -1.43. The van der Waals surface area contributed by atoms with Crippen LogP contribution in [0.3, 0.4) is 0 Å². The number of rotatable bonds is 7. The van der Waals surface area contributed by atoms with E-state index in [2.05, 4.69) is 10.6 Å². The maximum Gasteiger partial charge on any atom is 0.324 e. The lowest BCUT2D eigenvalue weighted by molar-refractivity contribution is -0.136. The molecule has 1 heterocycles. The summed E-state index contributed by atoms with van der Waals surface area (Å²) in [6.45, 7) is 3.21. The van der Waals surface area contributed by atoms with Crippen LogP contribution in [0.15, 0.2) is 48.5 Å². The van der Waals surface area contributed by atoms with Crippen LogP contribution in [-0.2, 0) is 44.6 Å². The molecule has 190 valence electrons. The van der Waals surface area contributed by atoms with Gasteiger partial charge in [-0.3, -0.25) is 23.9 Å². The first kappa shape index (κ1) is 25.6. The number of carbonyl (C=O) groups excluding carboxylic acids is 4. The van der Waals surface area contributed by atoms with Gasteiger partial charge in [-0.15, -0.1) is 0 Å². The largest absolute Gasteiger partial charge is 0.328 e. The van der Waals surface area contributed by atoms with Gasteiger partial charge in [-0.05, 0) is 42.7 Å². The second kappa shape index (κ2) is 9.50. The first-order valence-electron chi connectivity index (χ1n) is 11.6. The van der Waals surface area contributed by atoms with Crippen molar-refractivity contribution >= 4 is 40.2 Å². The van der Waals surface area contributed by atoms with Crippen molar-refractivity contribution < 1.29 is 23.4 Å². The molecule has 2 aromatic carbocycles. The summed E-state index contributed by atoms with van der Waals surface area (Å²) in [6.07, 6.45) is 2.24. The molecule has 4 rings (SSSR count). The third-order valence-corrected chi connectivity index (χ3v) is 8.73. The molecule has 10 heteroatoms. The lowest BCUT2D eigenvalue weighted by atomic mass is 9.95. The molecule has 2 aliphatic rings. The summed E-state index contributed by atoms with van der Waals surface area (Å²) < 4.78 is 11.1. The Morgan fingerprint density at radius 2 is 1.78 bits per heavy atom. The molecule has 0 saturated carbocycles. The minimum Gasteiger partial charge on any atom is -0.328 e. The third-order valence-electron chi connectivity index (χ3n) is 7.12. The number of fused-ring (bicyclic) bond motifs is 1. The topological polar surface area (TPSA) is 116 Å². The van der Waals surface area contributed by atoms with Crippen molar-refractivity contribution in [2.75, 3.05) is 25.2 Å². The highest BCUT2D eigenvalue weighted by atomic mass is 32.2. The molecule has 2 aromatic rings. The Kier molecular flexibility index (Phi) is 6.74. The van der Waals surface area contributed by atoms with Crippen molar-refractivity contribution in [3.63, 3.8) is 0 Å². The van der Waals surface area contributed by atoms with E-state index >= 15 is 0 Å². The average Bonchev–Trinajstić information content (AvgIpc) is 3.31. The van der Waals surface area contributed by atoms with Crippen LogP contribution in [0.2, 0.25) is 0 Å². The van der Waals surface area contributed by atoms with Crippen molar-refractivity contribution in [1.29, 1.82) is 0 Å². The normalized spacial score (nSPS) is 19.7. The highest BCUT2D eigenvalue weighted by Gasteiger charge is 2.54. The Morgan fingerprint density at radius 3 is 2.39 bits per heavy atom. The second-order valence-electron chi connectivity index (χ2n) is 9.85. The van der Waals surface area contributed by atoms with E-state index in [1.165, 1.54) is 16.1 Å². The molecule has 1 saturated heterocycles. The third kappa shape index (κ3) is 4.65. The van der Waals surface area contributed by atoms with E-state index in [9.17, 15) is 23.4 Å². The molecule has 5 amide bonds. The number of imide groups is 1. The SMILES string of the molecule is CN1C(=O)NC(=O)C12Cc1ccc(NC(=O)CN(Cc3ccccc3)C(=O)C(C)(C)S(C)=O)cc1C2. The Bertz CT molecular complexity index is 1260. The molecule has 9 nitrogen and oxygen atoms in total. The molecule has 1 aliphatic carbocycles. The Hall–Kier alpha value is -3.53. The standard InChI is InChI=1S/C26H30N4O5S/c1-25(2,36(4)35)23(33)30(15-17-8-6-5-7-9-17)16-21(31)27-20-11-10-18-13-26(14-19(18)12-20)22(32)28-24(34)29(26)3/h5-12H,13-16H2,1-4H3,(H,27,31)(H,28,32,34). The number of urea groups is 1. The van der Waals surface area contributed by atoms with Gasteiger partial charge < -0.3 is 15.1 Å². The maximum atomic E-state index is 13.3. The summed E-state index contributed by atoms with van der Waals surface area (Å²) in [5.74, 6) is -1.09. The van der Waals surface area contributed by atoms with E-state index in [0.29, 0.717) is 18.5 Å². The van der Waals surface area contributed by atoms with Gasteiger partial charge >= 0.3 is 6.03 Å². The molecule has 0 aromatic heterocycles. The summed E-state index contributed by atoms with van der Waals surface area (Å²) in [7, 11) is 0.175. The van der Waals surface area contributed by atoms with E-state index in [-0.39, 0.29) is 24.9 Å². The van der Waals surface area contributed by atoms with Crippen LogP contribution in [-0.4, -0.2) is 67.9 Å². The van der Waals surface area contributed by atoms with Crippen molar-refractivity contribution in [3.8, 4) is 0 Å². The number of benzene rings is 2. The second-order valence-corrected chi connectivity index (χ2v) is 11.8. The molecular formula is C26H30N4O5S. The fourth-order valence-corrected chi connectivity index (χ4v) is 5.03. The average molecular weight is 511 g/mol. The van der Waals surface area contributed by atoms with Crippen LogP contribution in [0.5, 0.6) is 0 Å². The lowest BCUT2D eigenvalue weighted by Gasteiger charge is -2.30. The smallest absolute Gasteiger partial charge is 0.324 e. The molecule has 2 unspecified atom stereocenters. The van der Waals surface area contributed by atoms with Gasteiger partial charge in [0.15, 0.2) is 0 Å². The molecule has 2 atom stereocenters. The van der Waals surface area contributed by atoms with Crippen LogP contribution in [0.25, 0.3) is 0 Å². The fourth-order valence-electron chi connectivity index (χ4n) is 4.66. The van der Waals surface area contributed by atoms with Gasteiger partial charge in [-0.25, -0.2) is 4.79 Å². The number of amides is 5. The Balaban J connectivity index is 1.50. The van der Waals surface area contributed by atoms with Gasteiger partial charge in [0.1, 0.15) is 16.8 Å². The monoisotopic (exact) mass is 510 g/mol. The molecule has 1 spiro atoms. The van der Waals surface area contributed by atoms with Gasteiger partial charge in [0.25, 0.3) is 5.91 Å². The molecule has 36 heavy (non-hydrogen) atoms. The fraction of sp³-hybridized carbons (Fsp3) is 0.385. The number of hydrogen-bond acceptors (Lipinski definition) is 5. The highest BCUT2D eigenvalue weighted by molar-refractivity contribution is 7.86. The van der Waals surface area contributed by atoms with E-state index in [1.54, 1.807) is 33.0 Å². The van der Waals surface area contributed by atoms with Crippen LogP contribution in [0.4, 0.5) is 10.5 Å². The molecule has 0 bridgehead atoms. The van der Waals surface area contributed by atoms with E-state index in [0.717, 1.165) is 16.7 Å². The lowest BCUT2D eigenvalue weighted by Crippen LogP contribution is -2.49. The zero-order valence-corrected chi connectivity index (χ0v) is 21.6. The first-order chi connectivity index (χ1) is 16.9. The molecular weight excluding hydrogens is 480 g/mol. The first-order valence-corrected chi connectivity index (χ1v) is 13.2. The number of nitrogens with zero attached hydrogens (tertiary/aromatic N) is 2. The van der Waals surface area contributed by atoms with Crippen molar-refractivity contribution in [1.82, 2.24) is 15.1 Å². The molecule has 1 fully saturated rings. The predicted octanol–water partition coefficient (Wildman–Crippen LogP) is 1.83. The summed E-state index contributed by atoms with van der Waals surface area (Å²) >= 11 is 0. The van der Waals surface area contributed by atoms with E-state index < -0.39 is 33.0 Å². The highest BCUT2D eigenvalue weighted by Crippen LogP contribution is 2.38. The Labute approximate surface area is 212 Å². The van der Waals surface area contributed by atoms with Crippen LogP contribution < -0.4 is 10.6 Å². The summed E-state index contributed by atoms with van der Waals surface area (Å²) in [5.41, 5.74) is 2.27. The molecule has 0 radical (unpaired) electrons. The van der Waals surface area contributed by atoms with Gasteiger partial charge in [0.05, 0.1) is 0 Å². The quantitative estimate of drug-likeness (QED) is 0.552. The van der Waals surface area contributed by atoms with Crippen molar-refractivity contribution in [2.45, 2.75) is 43.5 Å². The summed E-state index contributed by atoms with van der Waals surface area (Å²) in [6, 6.07) is 14.3. The number of anilines is 1. The van der Waals surface area contributed by atoms with E-state index in [4.69, 9.17) is 0 Å². The van der Waals surface area contributed by atoms with Gasteiger partial charge in [-0.1, -0.05) is 36.4 Å².